The van der Waals surface area contributed by atoms with Gasteiger partial charge < -0.3 is 68.3 Å². The molecule has 1 saturated carbocycles. The molecule has 3 aromatic rings. The molecule has 5 rings (SSSR count). The van der Waals surface area contributed by atoms with Gasteiger partial charge in [0.15, 0.2) is 6.61 Å². The van der Waals surface area contributed by atoms with E-state index in [2.05, 4.69) is 27.1 Å². The summed E-state index contributed by atoms with van der Waals surface area (Å²) in [5.74, 6) is 8.29. The third-order valence-corrected chi connectivity index (χ3v) is 8.93. The van der Waals surface area contributed by atoms with Crippen molar-refractivity contribution in [2.45, 2.75) is 44.3 Å². The predicted octanol–water partition coefficient (Wildman–Crippen LogP) is 3.04. The molecule has 0 spiro atoms. The molecule has 5 amide bonds. The molecule has 317 valence electrons. The Morgan fingerprint density at radius 2 is 1.39 bits per heavy atom. The van der Waals surface area contributed by atoms with E-state index in [0.717, 1.165) is 18.4 Å². The summed E-state index contributed by atoms with van der Waals surface area (Å²) in [6, 6.07) is 18.2. The molecule has 3 aromatic carbocycles. The first kappa shape index (κ1) is 49.0. The minimum absolute atomic E-state index is 0. The van der Waals surface area contributed by atoms with Gasteiger partial charge in [-0.15, -0.1) is 0 Å². The normalized spacial score (nSPS) is 13.2. The maximum atomic E-state index is 13.5. The number of nitrogens with one attached hydrogen (secondary N) is 6. The fourth-order valence-electron chi connectivity index (χ4n) is 5.70. The van der Waals surface area contributed by atoms with Gasteiger partial charge in [0.1, 0.15) is 5.75 Å². The van der Waals surface area contributed by atoms with Crippen LogP contribution in [0.2, 0.25) is 0 Å². The Kier molecular flexibility index (Phi) is 22.2. The Bertz CT molecular complexity index is 1800. The van der Waals surface area contributed by atoms with Gasteiger partial charge in [0.25, 0.3) is 23.6 Å². The van der Waals surface area contributed by atoms with E-state index in [1.165, 1.54) is 0 Å². The van der Waals surface area contributed by atoms with E-state index in [-0.39, 0.29) is 81.4 Å². The number of ether oxygens (including phenoxy) is 4. The van der Waals surface area contributed by atoms with Gasteiger partial charge in [-0.1, -0.05) is 18.6 Å². The molecular formula is C40H53N9O9Y-2. The summed E-state index contributed by atoms with van der Waals surface area (Å²) in [7, 11) is 0. The Morgan fingerprint density at radius 1 is 0.814 bits per heavy atom. The number of carbonyl (C=O) groups excluding carboxylic acids is 5. The molecule has 59 heavy (non-hydrogen) atoms. The van der Waals surface area contributed by atoms with E-state index < -0.39 is 6.04 Å². The summed E-state index contributed by atoms with van der Waals surface area (Å²) in [6.07, 6.45) is 2.93. The topological polar surface area (TPSA) is 273 Å². The Labute approximate surface area is 369 Å². The van der Waals surface area contributed by atoms with Crippen molar-refractivity contribution in [1.82, 2.24) is 15.5 Å². The number of nitrogens with two attached hydrogens (primary N) is 2. The second-order valence-corrected chi connectivity index (χ2v) is 13.3. The number of amides is 5. The molecule has 1 unspecified atom stereocenters. The average molecular weight is 893 g/mol. The molecule has 1 aliphatic heterocycles. The summed E-state index contributed by atoms with van der Waals surface area (Å²) in [5.41, 5.74) is 16.2. The third kappa shape index (κ3) is 16.7. The van der Waals surface area contributed by atoms with Crippen LogP contribution < -0.4 is 37.6 Å². The van der Waals surface area contributed by atoms with Crippen LogP contribution >= 0.6 is 0 Å². The zero-order chi connectivity index (χ0) is 41.7. The molecule has 2 aliphatic rings. The molecule has 0 saturated heterocycles. The van der Waals surface area contributed by atoms with E-state index in [9.17, 15) is 24.0 Å². The molecule has 1 atom stereocenters. The minimum atomic E-state index is -0.598. The maximum absolute atomic E-state index is 13.5. The first-order valence-corrected chi connectivity index (χ1v) is 19.1. The number of fused-ring (bicyclic) bond motifs is 1. The number of nitrogens with zero attached hydrogens (tertiary/aromatic N) is 1. The van der Waals surface area contributed by atoms with Gasteiger partial charge in [0.05, 0.1) is 51.4 Å². The second-order valence-electron chi connectivity index (χ2n) is 13.3. The fourth-order valence-corrected chi connectivity index (χ4v) is 5.70. The third-order valence-electron chi connectivity index (χ3n) is 8.93. The number of carbonyl (C=O) groups is 5. The van der Waals surface area contributed by atoms with E-state index in [4.69, 9.17) is 36.3 Å². The van der Waals surface area contributed by atoms with E-state index >= 15 is 0 Å². The van der Waals surface area contributed by atoms with Crippen LogP contribution in [-0.4, -0.2) is 112 Å². The molecule has 0 aromatic heterocycles. The van der Waals surface area contributed by atoms with Gasteiger partial charge in [0, 0.05) is 80.8 Å². The first-order chi connectivity index (χ1) is 28.2. The summed E-state index contributed by atoms with van der Waals surface area (Å²) < 4.78 is 21.9. The van der Waals surface area contributed by atoms with Gasteiger partial charge in [-0.3, -0.25) is 24.0 Å². The van der Waals surface area contributed by atoms with Crippen molar-refractivity contribution < 1.29 is 75.6 Å². The molecule has 1 aliphatic carbocycles. The molecule has 19 heteroatoms. The van der Waals surface area contributed by atoms with Crippen LogP contribution in [0.15, 0.2) is 66.7 Å². The van der Waals surface area contributed by atoms with Crippen molar-refractivity contribution >= 4 is 40.9 Å². The molecule has 10 N–H and O–H groups in total. The maximum Gasteiger partial charge on any atom is 0.262 e. The molecule has 1 radical (unpaired) electrons. The standard InChI is InChI=1S/C40H50N7O9.H3N2.Y/c41-15-1-2-33(42)39(51)44-17-19-54-21-23-55-22-20-53-18-16-43-37(49)28-7-10-31(11-8-28)45-38(50)29-5-3-27(4-6-29)25-47(32-12-13-32)40(52)30-9-14-34-35(24-30)56-26-36(48)46-34;1-2;/h3-11,14,24,32-33,41H,1-2,12-13,15-23,25-26,42H2,(H,43,49)(H,44,51)(H,45,50)(H,46,48);1H,2H2;/q2*-1;. The zero-order valence-corrected chi connectivity index (χ0v) is 35.8. The molecular weight excluding hydrogens is 839 g/mol. The van der Waals surface area contributed by atoms with Gasteiger partial charge in [0.2, 0.25) is 5.91 Å². The van der Waals surface area contributed by atoms with Gasteiger partial charge in [-0.2, -0.15) is 6.54 Å². The van der Waals surface area contributed by atoms with Crippen molar-refractivity contribution in [3.63, 3.8) is 0 Å². The van der Waals surface area contributed by atoms with E-state index in [1.807, 2.05) is 17.0 Å². The summed E-state index contributed by atoms with van der Waals surface area (Å²) in [4.78, 5) is 64.2. The molecule has 0 bridgehead atoms. The van der Waals surface area contributed by atoms with Crippen LogP contribution in [0.25, 0.3) is 11.6 Å². The Morgan fingerprint density at radius 3 is 2.02 bits per heavy atom. The van der Waals surface area contributed by atoms with Crippen LogP contribution in [-0.2, 0) is 63.1 Å². The number of rotatable bonds is 23. The smallest absolute Gasteiger partial charge is 0.262 e. The Balaban J connectivity index is 0.00000305. The summed E-state index contributed by atoms with van der Waals surface area (Å²) >= 11 is 0. The van der Waals surface area contributed by atoms with Crippen LogP contribution in [0, 0.1) is 0 Å². The van der Waals surface area contributed by atoms with Gasteiger partial charge in [-0.25, -0.2) is 0 Å². The zero-order valence-electron chi connectivity index (χ0n) is 33.0. The number of hydrogen-bond acceptors (Lipinski definition) is 11. The van der Waals surface area contributed by atoms with Crippen molar-refractivity contribution in [3.8, 4) is 5.75 Å². The fraction of sp³-hybridized carbons (Fsp3) is 0.425. The first-order valence-electron chi connectivity index (χ1n) is 19.1. The molecule has 1 fully saturated rings. The van der Waals surface area contributed by atoms with Crippen LogP contribution in [0.1, 0.15) is 62.3 Å². The van der Waals surface area contributed by atoms with E-state index in [1.54, 1.807) is 54.6 Å². The molecule has 18 nitrogen and oxygen atoms in total. The van der Waals surface area contributed by atoms with E-state index in [0.29, 0.717) is 106 Å². The van der Waals surface area contributed by atoms with Crippen molar-refractivity contribution in [1.29, 1.82) is 0 Å². The van der Waals surface area contributed by atoms with Gasteiger partial charge in [-0.05, 0) is 79.4 Å². The number of benzene rings is 3. The van der Waals surface area contributed by atoms with Crippen molar-refractivity contribution in [2.75, 3.05) is 76.5 Å². The second kappa shape index (κ2) is 26.7. The number of anilines is 2. The quantitative estimate of drug-likeness (QED) is 0.0458. The van der Waals surface area contributed by atoms with Crippen molar-refractivity contribution in [3.05, 3.63) is 101 Å². The largest absolute Gasteiger partial charge is 0.677 e. The monoisotopic (exact) mass is 892 g/mol. The van der Waals surface area contributed by atoms with Crippen LogP contribution in [0.5, 0.6) is 5.75 Å². The number of hydrogen-bond donors (Lipinski definition) is 6. The summed E-state index contributed by atoms with van der Waals surface area (Å²) in [5, 5.41) is 11.1. The average Bonchev–Trinajstić information content (AvgIpc) is 4.10. The SMILES string of the molecule is [NH-]CCCC(N)C(=O)NCCOCCOCCOCCNC(=O)c1ccc(NC(=O)c2ccc(CN(C(=O)c3ccc4c(c3)OCC(=O)N4)C3CC3)cc2)cc1.[NH-]N.[Y]. The van der Waals surface area contributed by atoms with Crippen molar-refractivity contribution in [2.24, 2.45) is 11.6 Å². The predicted molar refractivity (Wildman–Crippen MR) is 217 cm³/mol. The molecule has 1 heterocycles. The summed E-state index contributed by atoms with van der Waals surface area (Å²) in [6.45, 7) is 3.34. The van der Waals surface area contributed by atoms with Gasteiger partial charge >= 0.3 is 0 Å². The Hall–Kier alpha value is -4.37. The minimum Gasteiger partial charge on any atom is -0.677 e. The van der Waals surface area contributed by atoms with Crippen LogP contribution in [0.3, 0.4) is 0 Å². The van der Waals surface area contributed by atoms with Crippen LogP contribution in [0.4, 0.5) is 11.4 Å².